The number of carbonyl (C=O) groups excluding carboxylic acids is 1. The van der Waals surface area contributed by atoms with Gasteiger partial charge in [-0.15, -0.1) is 0 Å². The van der Waals surface area contributed by atoms with Crippen molar-refractivity contribution in [2.24, 2.45) is 0 Å². The van der Waals surface area contributed by atoms with Crippen molar-refractivity contribution >= 4 is 27.3 Å². The van der Waals surface area contributed by atoms with Gasteiger partial charge in [0.1, 0.15) is 5.75 Å². The summed E-state index contributed by atoms with van der Waals surface area (Å²) in [7, 11) is -3.52. The molecular weight excluding hydrogens is 390 g/mol. The van der Waals surface area contributed by atoms with Gasteiger partial charge in [0.2, 0.25) is 10.0 Å². The van der Waals surface area contributed by atoms with Gasteiger partial charge in [-0.3, -0.25) is 9.10 Å². The number of rotatable bonds is 7. The minimum absolute atomic E-state index is 0.0530. The van der Waals surface area contributed by atoms with E-state index < -0.39 is 16.1 Å². The van der Waals surface area contributed by atoms with Gasteiger partial charge in [0, 0.05) is 25.3 Å². The molecule has 0 unspecified atom stereocenters. The molecule has 1 aliphatic rings. The minimum Gasteiger partial charge on any atom is -0.476 e. The second-order valence-electron chi connectivity index (χ2n) is 6.92. The van der Waals surface area contributed by atoms with E-state index in [2.05, 4.69) is 24.1 Å². The van der Waals surface area contributed by atoms with Crippen LogP contribution in [0.5, 0.6) is 5.75 Å². The molecule has 2 aromatic rings. The molecule has 29 heavy (non-hydrogen) atoms. The van der Waals surface area contributed by atoms with Crippen molar-refractivity contribution in [2.45, 2.75) is 26.5 Å². The van der Waals surface area contributed by atoms with Gasteiger partial charge in [0.25, 0.3) is 5.91 Å². The molecule has 0 radical (unpaired) electrons. The first-order chi connectivity index (χ1) is 13.8. The van der Waals surface area contributed by atoms with Crippen molar-refractivity contribution in [1.29, 1.82) is 0 Å². The largest absolute Gasteiger partial charge is 0.476 e. The third kappa shape index (κ3) is 4.82. The highest BCUT2D eigenvalue weighted by atomic mass is 32.2. The first-order valence-electron chi connectivity index (χ1n) is 9.68. The number of hydrogen-bond donors (Lipinski definition) is 1. The highest BCUT2D eigenvalue weighted by Gasteiger charge is 2.34. The van der Waals surface area contributed by atoms with E-state index in [1.54, 1.807) is 24.3 Å². The topological polar surface area (TPSA) is 79.0 Å². The summed E-state index contributed by atoms with van der Waals surface area (Å²) in [5.74, 6) is 0.0360. The Kier molecular flexibility index (Phi) is 6.32. The number of amides is 1. The number of nitrogens with one attached hydrogen (secondary N) is 1. The lowest BCUT2D eigenvalue weighted by Crippen LogP contribution is -2.50. The second-order valence-corrected chi connectivity index (χ2v) is 8.83. The highest BCUT2D eigenvalue weighted by Crippen LogP contribution is 2.34. The predicted octanol–water partition coefficient (Wildman–Crippen LogP) is 2.38. The molecule has 1 amide bonds. The van der Waals surface area contributed by atoms with E-state index in [0.29, 0.717) is 18.0 Å². The standard InChI is InChI=1S/C21H27N3O4S/c1-4-23(5-2)17-12-10-16(11-13-17)14-22-21(25)20-15-24(29(3,26)27)18-8-6-7-9-19(18)28-20/h6-13,20H,4-5,14-15H2,1-3H3,(H,22,25)/t20-/m1/s1. The van der Waals surface area contributed by atoms with Crippen LogP contribution in [0.1, 0.15) is 19.4 Å². The molecule has 7 nitrogen and oxygen atoms in total. The molecule has 0 bridgehead atoms. The number of fused-ring (bicyclic) bond motifs is 1. The Labute approximate surface area is 172 Å². The lowest BCUT2D eigenvalue weighted by molar-refractivity contribution is -0.127. The summed E-state index contributed by atoms with van der Waals surface area (Å²) >= 11 is 0. The van der Waals surface area contributed by atoms with Gasteiger partial charge in [-0.2, -0.15) is 0 Å². The van der Waals surface area contributed by atoms with E-state index >= 15 is 0 Å². The maximum Gasteiger partial charge on any atom is 0.263 e. The molecule has 0 fully saturated rings. The molecule has 0 spiro atoms. The number of anilines is 2. The molecule has 0 aromatic heterocycles. The summed E-state index contributed by atoms with van der Waals surface area (Å²) in [5.41, 5.74) is 2.55. The van der Waals surface area contributed by atoms with Crippen molar-refractivity contribution in [3.63, 3.8) is 0 Å². The molecule has 1 N–H and O–H groups in total. The number of para-hydroxylation sites is 2. The Balaban J connectivity index is 1.67. The van der Waals surface area contributed by atoms with E-state index in [4.69, 9.17) is 4.74 Å². The number of hydrogen-bond acceptors (Lipinski definition) is 5. The molecule has 1 atom stereocenters. The molecule has 2 aromatic carbocycles. The zero-order valence-corrected chi connectivity index (χ0v) is 17.8. The Morgan fingerprint density at radius 2 is 1.79 bits per heavy atom. The van der Waals surface area contributed by atoms with Crippen LogP contribution in [-0.2, 0) is 21.4 Å². The van der Waals surface area contributed by atoms with Gasteiger partial charge in [0.05, 0.1) is 18.5 Å². The van der Waals surface area contributed by atoms with Crippen molar-refractivity contribution in [3.8, 4) is 5.75 Å². The van der Waals surface area contributed by atoms with E-state index in [9.17, 15) is 13.2 Å². The van der Waals surface area contributed by atoms with Crippen LogP contribution >= 0.6 is 0 Å². The fraction of sp³-hybridized carbons (Fsp3) is 0.381. The van der Waals surface area contributed by atoms with E-state index in [1.165, 1.54) is 4.31 Å². The lowest BCUT2D eigenvalue weighted by Gasteiger charge is -2.33. The number of carbonyl (C=O) groups is 1. The molecule has 156 valence electrons. The normalized spacial score (nSPS) is 16.0. The van der Waals surface area contributed by atoms with Crippen LogP contribution in [0.2, 0.25) is 0 Å². The van der Waals surface area contributed by atoms with Gasteiger partial charge < -0.3 is 15.0 Å². The summed E-state index contributed by atoms with van der Waals surface area (Å²) in [4.78, 5) is 14.9. The fourth-order valence-electron chi connectivity index (χ4n) is 3.37. The van der Waals surface area contributed by atoms with Crippen LogP contribution in [0, 0.1) is 0 Å². The first-order valence-corrected chi connectivity index (χ1v) is 11.5. The number of nitrogens with zero attached hydrogens (tertiary/aromatic N) is 2. The maximum absolute atomic E-state index is 12.7. The van der Waals surface area contributed by atoms with Gasteiger partial charge in [-0.1, -0.05) is 24.3 Å². The molecule has 1 heterocycles. The maximum atomic E-state index is 12.7. The van der Waals surface area contributed by atoms with Crippen molar-refractivity contribution < 1.29 is 17.9 Å². The Morgan fingerprint density at radius 1 is 1.14 bits per heavy atom. The summed E-state index contributed by atoms with van der Waals surface area (Å²) < 4.78 is 31.3. The van der Waals surface area contributed by atoms with Crippen molar-refractivity contribution in [1.82, 2.24) is 5.32 Å². The average molecular weight is 418 g/mol. The van der Waals surface area contributed by atoms with Crippen LogP contribution in [0.15, 0.2) is 48.5 Å². The SMILES string of the molecule is CCN(CC)c1ccc(CNC(=O)[C@H]2CN(S(C)(=O)=O)c3ccccc3O2)cc1. The van der Waals surface area contributed by atoms with Crippen LogP contribution in [-0.4, -0.2) is 46.3 Å². The molecular formula is C21H27N3O4S. The molecule has 0 aliphatic carbocycles. The zero-order chi connectivity index (χ0) is 21.0. The van der Waals surface area contributed by atoms with Gasteiger partial charge in [-0.25, -0.2) is 8.42 Å². The van der Waals surface area contributed by atoms with E-state index in [1.807, 2.05) is 24.3 Å². The van der Waals surface area contributed by atoms with Gasteiger partial charge in [-0.05, 0) is 43.7 Å². The predicted molar refractivity (Wildman–Crippen MR) is 115 cm³/mol. The number of sulfonamides is 1. The fourth-order valence-corrected chi connectivity index (χ4v) is 4.28. The van der Waals surface area contributed by atoms with Gasteiger partial charge >= 0.3 is 0 Å². The molecule has 0 saturated heterocycles. The lowest BCUT2D eigenvalue weighted by atomic mass is 10.1. The highest BCUT2D eigenvalue weighted by molar-refractivity contribution is 7.92. The molecule has 3 rings (SSSR count). The summed E-state index contributed by atoms with van der Waals surface area (Å²) in [5, 5.41) is 2.85. The van der Waals surface area contributed by atoms with Crippen LogP contribution in [0.3, 0.4) is 0 Å². The van der Waals surface area contributed by atoms with Crippen LogP contribution in [0.25, 0.3) is 0 Å². The third-order valence-corrected chi connectivity index (χ3v) is 6.11. The minimum atomic E-state index is -3.52. The van der Waals surface area contributed by atoms with E-state index in [0.717, 1.165) is 30.6 Å². The van der Waals surface area contributed by atoms with Crippen LogP contribution < -0.4 is 19.3 Å². The van der Waals surface area contributed by atoms with Gasteiger partial charge in [0.15, 0.2) is 6.10 Å². The summed E-state index contributed by atoms with van der Waals surface area (Å²) in [6.45, 7) is 6.38. The van der Waals surface area contributed by atoms with E-state index in [-0.39, 0.29) is 12.5 Å². The van der Waals surface area contributed by atoms with Crippen LogP contribution in [0.4, 0.5) is 11.4 Å². The molecule has 8 heteroatoms. The summed E-state index contributed by atoms with van der Waals surface area (Å²) in [6, 6.07) is 14.8. The monoisotopic (exact) mass is 417 g/mol. The smallest absolute Gasteiger partial charge is 0.263 e. The third-order valence-electron chi connectivity index (χ3n) is 4.96. The quantitative estimate of drug-likeness (QED) is 0.748. The Bertz CT molecular complexity index is 956. The number of ether oxygens (including phenoxy) is 1. The number of benzene rings is 2. The molecule has 0 saturated carbocycles. The average Bonchev–Trinajstić information content (AvgIpc) is 2.72. The first kappa shape index (κ1) is 21.0. The second kappa shape index (κ2) is 8.73. The molecule has 1 aliphatic heterocycles. The Hall–Kier alpha value is -2.74. The van der Waals surface area contributed by atoms with Crippen molar-refractivity contribution in [3.05, 3.63) is 54.1 Å². The van der Waals surface area contributed by atoms with Crippen molar-refractivity contribution in [2.75, 3.05) is 35.1 Å². The zero-order valence-electron chi connectivity index (χ0n) is 17.0. The summed E-state index contributed by atoms with van der Waals surface area (Å²) in [6.07, 6.45) is 0.219. The Morgan fingerprint density at radius 3 is 2.41 bits per heavy atom.